The lowest BCUT2D eigenvalue weighted by Crippen LogP contribution is -2.46. The van der Waals surface area contributed by atoms with Crippen molar-refractivity contribution in [1.29, 1.82) is 0 Å². The molecule has 0 bridgehead atoms. The minimum absolute atomic E-state index is 0.0450. The zero-order valence-electron chi connectivity index (χ0n) is 10.0. The predicted octanol–water partition coefficient (Wildman–Crippen LogP) is 1.47. The highest BCUT2D eigenvalue weighted by molar-refractivity contribution is 6.30. The van der Waals surface area contributed by atoms with E-state index in [2.05, 4.69) is 4.90 Å². The first-order chi connectivity index (χ1) is 8.75. The first-order valence-electron chi connectivity index (χ1n) is 6.18. The summed E-state index contributed by atoms with van der Waals surface area (Å²) in [6, 6.07) is 5.53. The Labute approximate surface area is 111 Å². The van der Waals surface area contributed by atoms with Gasteiger partial charge in [-0.2, -0.15) is 0 Å². The van der Waals surface area contributed by atoms with Gasteiger partial charge in [0.05, 0.1) is 19.3 Å². The number of aliphatic hydroxyl groups excluding tert-OH is 1. The average Bonchev–Trinajstić information content (AvgIpc) is 2.39. The van der Waals surface area contributed by atoms with Crippen LogP contribution in [0.15, 0.2) is 18.2 Å². The van der Waals surface area contributed by atoms with Crippen molar-refractivity contribution < 1.29 is 14.6 Å². The third kappa shape index (κ3) is 2.21. The molecule has 1 N–H and O–H groups in total. The summed E-state index contributed by atoms with van der Waals surface area (Å²) in [5, 5.41) is 10.9. The molecule has 5 heteroatoms. The Balaban J connectivity index is 1.95. The van der Waals surface area contributed by atoms with Crippen molar-refractivity contribution in [2.45, 2.75) is 12.1 Å². The maximum Gasteiger partial charge on any atom is 0.124 e. The van der Waals surface area contributed by atoms with E-state index in [0.29, 0.717) is 24.8 Å². The molecule has 1 aromatic carbocycles. The monoisotopic (exact) mass is 269 g/mol. The molecule has 4 nitrogen and oxygen atoms in total. The molecular formula is C13H16ClNO3. The van der Waals surface area contributed by atoms with Crippen LogP contribution in [0.3, 0.4) is 0 Å². The molecule has 3 rings (SSSR count). The van der Waals surface area contributed by atoms with Crippen LogP contribution >= 0.6 is 11.6 Å². The lowest BCUT2D eigenvalue weighted by Gasteiger charge is -2.40. The first-order valence-corrected chi connectivity index (χ1v) is 6.55. The van der Waals surface area contributed by atoms with Gasteiger partial charge in [-0.05, 0) is 18.2 Å². The van der Waals surface area contributed by atoms with Crippen molar-refractivity contribution in [1.82, 2.24) is 4.90 Å². The predicted molar refractivity (Wildman–Crippen MR) is 68.1 cm³/mol. The molecule has 0 saturated carbocycles. The van der Waals surface area contributed by atoms with Crippen LogP contribution in [0.25, 0.3) is 0 Å². The molecule has 0 amide bonds. The van der Waals surface area contributed by atoms with Gasteiger partial charge in [0.1, 0.15) is 18.5 Å². The average molecular weight is 270 g/mol. The Morgan fingerprint density at radius 2 is 2.06 bits per heavy atom. The number of fused-ring (bicyclic) bond motifs is 1. The van der Waals surface area contributed by atoms with Gasteiger partial charge >= 0.3 is 0 Å². The fourth-order valence-corrected chi connectivity index (χ4v) is 2.83. The summed E-state index contributed by atoms with van der Waals surface area (Å²) in [6.07, 6.45) is -0.519. The van der Waals surface area contributed by atoms with Crippen molar-refractivity contribution in [2.75, 3.05) is 32.9 Å². The van der Waals surface area contributed by atoms with E-state index in [0.717, 1.165) is 24.4 Å². The number of nitrogens with zero attached hydrogens (tertiary/aromatic N) is 1. The number of rotatable bonds is 1. The Hall–Kier alpha value is -0.810. The summed E-state index contributed by atoms with van der Waals surface area (Å²) in [5.41, 5.74) is 0.975. The summed E-state index contributed by atoms with van der Waals surface area (Å²) in [6.45, 7) is 3.40. The molecule has 0 aliphatic carbocycles. The van der Waals surface area contributed by atoms with Crippen molar-refractivity contribution in [3.05, 3.63) is 28.8 Å². The van der Waals surface area contributed by atoms with Crippen molar-refractivity contribution >= 4 is 11.6 Å². The van der Waals surface area contributed by atoms with E-state index in [1.54, 1.807) is 0 Å². The fourth-order valence-electron chi connectivity index (χ4n) is 2.65. The number of hydrogen-bond acceptors (Lipinski definition) is 4. The van der Waals surface area contributed by atoms with Crippen LogP contribution < -0.4 is 4.74 Å². The highest BCUT2D eigenvalue weighted by Crippen LogP contribution is 2.37. The van der Waals surface area contributed by atoms with E-state index < -0.39 is 6.10 Å². The number of morpholine rings is 1. The van der Waals surface area contributed by atoms with Crippen LogP contribution in [0.5, 0.6) is 5.75 Å². The number of aliphatic hydroxyl groups is 1. The standard InChI is InChI=1S/C13H16ClNO3/c14-9-1-2-12-10(7-9)13(11(16)8-18-12)15-3-5-17-6-4-15/h1-2,7,11,13,16H,3-6,8H2. The van der Waals surface area contributed by atoms with Crippen LogP contribution in [0.4, 0.5) is 0 Å². The van der Waals surface area contributed by atoms with Crippen LogP contribution in [-0.2, 0) is 4.74 Å². The smallest absolute Gasteiger partial charge is 0.124 e. The second-order valence-electron chi connectivity index (χ2n) is 4.65. The van der Waals surface area contributed by atoms with Crippen LogP contribution in [-0.4, -0.2) is 49.0 Å². The van der Waals surface area contributed by atoms with E-state index in [9.17, 15) is 5.11 Å². The lowest BCUT2D eigenvalue weighted by molar-refractivity contribution is -0.0443. The number of ether oxygens (including phenoxy) is 2. The van der Waals surface area contributed by atoms with E-state index >= 15 is 0 Å². The van der Waals surface area contributed by atoms with Gasteiger partial charge < -0.3 is 14.6 Å². The summed E-state index contributed by atoms with van der Waals surface area (Å²) >= 11 is 6.05. The Bertz CT molecular complexity index is 434. The molecule has 2 aliphatic heterocycles. The van der Waals surface area contributed by atoms with Gasteiger partial charge in [-0.25, -0.2) is 0 Å². The molecule has 2 atom stereocenters. The molecule has 1 aromatic rings. The third-order valence-electron chi connectivity index (χ3n) is 3.50. The fraction of sp³-hybridized carbons (Fsp3) is 0.538. The van der Waals surface area contributed by atoms with Crippen molar-refractivity contribution in [2.24, 2.45) is 0 Å². The van der Waals surface area contributed by atoms with Crippen LogP contribution in [0.2, 0.25) is 5.02 Å². The van der Waals surface area contributed by atoms with Crippen LogP contribution in [0, 0.1) is 0 Å². The molecule has 1 saturated heterocycles. The van der Waals surface area contributed by atoms with Gasteiger partial charge in [-0.15, -0.1) is 0 Å². The molecule has 1 fully saturated rings. The molecule has 98 valence electrons. The van der Waals surface area contributed by atoms with Gasteiger partial charge in [-0.3, -0.25) is 4.90 Å². The summed E-state index contributed by atoms with van der Waals surface area (Å²) < 4.78 is 10.9. The van der Waals surface area contributed by atoms with E-state index in [1.165, 1.54) is 0 Å². The largest absolute Gasteiger partial charge is 0.490 e. The normalized spacial score (nSPS) is 28.6. The maximum atomic E-state index is 10.2. The molecule has 0 aromatic heterocycles. The quantitative estimate of drug-likeness (QED) is 0.838. The minimum Gasteiger partial charge on any atom is -0.490 e. The SMILES string of the molecule is OC1COc2ccc(Cl)cc2C1N1CCOCC1. The molecular weight excluding hydrogens is 254 g/mol. The Morgan fingerprint density at radius 3 is 2.83 bits per heavy atom. The van der Waals surface area contributed by atoms with Gasteiger partial charge in [0, 0.05) is 23.7 Å². The molecule has 2 heterocycles. The summed E-state index contributed by atoms with van der Waals surface area (Å²) in [5.74, 6) is 0.821. The minimum atomic E-state index is -0.519. The molecule has 2 aliphatic rings. The Kier molecular flexibility index (Phi) is 3.43. The topological polar surface area (TPSA) is 41.9 Å². The number of hydrogen-bond donors (Lipinski definition) is 1. The van der Waals surface area contributed by atoms with Crippen molar-refractivity contribution in [3.8, 4) is 5.75 Å². The second-order valence-corrected chi connectivity index (χ2v) is 5.09. The summed E-state index contributed by atoms with van der Waals surface area (Å²) in [7, 11) is 0. The lowest BCUT2D eigenvalue weighted by atomic mass is 9.96. The number of benzene rings is 1. The summed E-state index contributed by atoms with van der Waals surface area (Å²) in [4.78, 5) is 2.24. The van der Waals surface area contributed by atoms with E-state index in [4.69, 9.17) is 21.1 Å². The van der Waals surface area contributed by atoms with E-state index in [1.807, 2.05) is 18.2 Å². The third-order valence-corrected chi connectivity index (χ3v) is 3.74. The van der Waals surface area contributed by atoms with Crippen LogP contribution in [0.1, 0.15) is 11.6 Å². The van der Waals surface area contributed by atoms with E-state index in [-0.39, 0.29) is 6.04 Å². The maximum absolute atomic E-state index is 10.2. The van der Waals surface area contributed by atoms with Gasteiger partial charge in [-0.1, -0.05) is 11.6 Å². The second kappa shape index (κ2) is 5.05. The van der Waals surface area contributed by atoms with Gasteiger partial charge in [0.2, 0.25) is 0 Å². The molecule has 18 heavy (non-hydrogen) atoms. The molecule has 2 unspecified atom stereocenters. The zero-order valence-corrected chi connectivity index (χ0v) is 10.8. The zero-order chi connectivity index (χ0) is 12.5. The van der Waals surface area contributed by atoms with Crippen molar-refractivity contribution in [3.63, 3.8) is 0 Å². The first kappa shape index (κ1) is 12.2. The Morgan fingerprint density at radius 1 is 1.28 bits per heavy atom. The molecule has 0 radical (unpaired) electrons. The highest BCUT2D eigenvalue weighted by Gasteiger charge is 2.34. The van der Waals surface area contributed by atoms with Gasteiger partial charge in [0.25, 0.3) is 0 Å². The molecule has 0 spiro atoms. The van der Waals surface area contributed by atoms with Gasteiger partial charge in [0.15, 0.2) is 0 Å². The highest BCUT2D eigenvalue weighted by atomic mass is 35.5. The number of halogens is 1.